The number of hydrogen-bond acceptors (Lipinski definition) is 7. The Morgan fingerprint density at radius 3 is 2.52 bits per heavy atom. The fourth-order valence-corrected chi connectivity index (χ4v) is 3.44. The molecule has 5 rings (SSSR count). The van der Waals surface area contributed by atoms with Gasteiger partial charge in [0.25, 0.3) is 0 Å². The third-order valence-corrected chi connectivity index (χ3v) is 4.86. The molecule has 3 heterocycles. The molecule has 8 heteroatoms. The Labute approximate surface area is 165 Å². The molecule has 0 atom stereocenters. The summed E-state index contributed by atoms with van der Waals surface area (Å²) in [6.45, 7) is 1.84. The molecule has 29 heavy (non-hydrogen) atoms. The Hall–Kier alpha value is -3.94. The van der Waals surface area contributed by atoms with Crippen molar-refractivity contribution < 1.29 is 14.0 Å². The van der Waals surface area contributed by atoms with Crippen molar-refractivity contribution in [2.45, 2.75) is 6.92 Å². The summed E-state index contributed by atoms with van der Waals surface area (Å²) >= 11 is 0. The Morgan fingerprint density at radius 2 is 1.76 bits per heavy atom. The van der Waals surface area contributed by atoms with Crippen LogP contribution in [0.3, 0.4) is 0 Å². The van der Waals surface area contributed by atoms with Crippen molar-refractivity contribution in [1.29, 1.82) is 0 Å². The molecule has 0 unspecified atom stereocenters. The maximum absolute atomic E-state index is 5.53. The minimum atomic E-state index is 0.464. The monoisotopic (exact) mass is 387 g/mol. The smallest absolute Gasteiger partial charge is 0.239 e. The topological polar surface area (TPSA) is 87.6 Å². The number of benzene rings is 2. The fourth-order valence-electron chi connectivity index (χ4n) is 3.44. The Balaban J connectivity index is 1.82. The highest BCUT2D eigenvalue weighted by Crippen LogP contribution is 2.36. The number of hydrogen-bond donors (Lipinski definition) is 0. The van der Waals surface area contributed by atoms with Gasteiger partial charge in [-0.1, -0.05) is 35.5 Å². The van der Waals surface area contributed by atoms with Crippen LogP contribution in [0.25, 0.3) is 39.1 Å². The summed E-state index contributed by atoms with van der Waals surface area (Å²) in [6, 6.07) is 15.4. The van der Waals surface area contributed by atoms with Gasteiger partial charge in [0.15, 0.2) is 11.5 Å². The molecule has 8 nitrogen and oxygen atoms in total. The van der Waals surface area contributed by atoms with E-state index in [9.17, 15) is 0 Å². The van der Waals surface area contributed by atoms with Gasteiger partial charge in [-0.2, -0.15) is 4.52 Å². The number of nitrogens with zero attached hydrogens (tertiary/aromatic N) is 5. The van der Waals surface area contributed by atoms with Gasteiger partial charge in [-0.05, 0) is 25.1 Å². The number of rotatable bonds is 4. The standard InChI is InChI=1S/C21H17N5O3/c1-12-17(18(25-29-12)13-7-5-4-6-8-13)20-23-22-19-16-11-14(27-2)9-10-15(16)21(28-3)24-26(19)20/h4-11H,1-3H3. The van der Waals surface area contributed by atoms with Gasteiger partial charge in [-0.25, -0.2) is 0 Å². The van der Waals surface area contributed by atoms with Crippen LogP contribution in [-0.2, 0) is 0 Å². The summed E-state index contributed by atoms with van der Waals surface area (Å²) in [5.41, 5.74) is 2.93. The minimum Gasteiger partial charge on any atom is -0.497 e. The summed E-state index contributed by atoms with van der Waals surface area (Å²) in [5.74, 6) is 2.33. The van der Waals surface area contributed by atoms with Crippen molar-refractivity contribution in [3.63, 3.8) is 0 Å². The lowest BCUT2D eigenvalue weighted by molar-refractivity contribution is 0.395. The zero-order valence-electron chi connectivity index (χ0n) is 16.1. The third-order valence-electron chi connectivity index (χ3n) is 4.86. The van der Waals surface area contributed by atoms with E-state index in [1.54, 1.807) is 18.7 Å². The number of methoxy groups -OCH3 is 2. The molecule has 0 spiro atoms. The number of ether oxygens (including phenoxy) is 2. The van der Waals surface area contributed by atoms with Gasteiger partial charge < -0.3 is 14.0 Å². The molecular formula is C21H17N5O3. The van der Waals surface area contributed by atoms with Crippen molar-refractivity contribution in [1.82, 2.24) is 25.0 Å². The molecule has 5 aromatic rings. The van der Waals surface area contributed by atoms with E-state index in [0.29, 0.717) is 34.6 Å². The first-order valence-electron chi connectivity index (χ1n) is 9.00. The van der Waals surface area contributed by atoms with Crippen molar-refractivity contribution in [3.05, 3.63) is 54.3 Å². The highest BCUT2D eigenvalue weighted by molar-refractivity contribution is 5.98. The average molecular weight is 387 g/mol. The van der Waals surface area contributed by atoms with Gasteiger partial charge in [-0.3, -0.25) is 0 Å². The molecule has 3 aromatic heterocycles. The highest BCUT2D eigenvalue weighted by Gasteiger charge is 2.24. The van der Waals surface area contributed by atoms with Crippen molar-refractivity contribution in [2.24, 2.45) is 0 Å². The van der Waals surface area contributed by atoms with Crippen LogP contribution in [0.5, 0.6) is 11.6 Å². The fraction of sp³-hybridized carbons (Fsp3) is 0.143. The second kappa shape index (κ2) is 6.59. The summed E-state index contributed by atoms with van der Waals surface area (Å²) in [7, 11) is 3.21. The molecule has 144 valence electrons. The molecule has 2 aromatic carbocycles. The van der Waals surface area contributed by atoms with Crippen LogP contribution in [0.1, 0.15) is 5.76 Å². The average Bonchev–Trinajstić information content (AvgIpc) is 3.36. The molecule has 0 N–H and O–H groups in total. The largest absolute Gasteiger partial charge is 0.497 e. The number of aryl methyl sites for hydroxylation is 1. The first-order chi connectivity index (χ1) is 14.2. The quantitative estimate of drug-likeness (QED) is 0.462. The summed E-state index contributed by atoms with van der Waals surface area (Å²) in [4.78, 5) is 0. The van der Waals surface area contributed by atoms with Crippen LogP contribution in [0, 0.1) is 6.92 Å². The normalized spacial score (nSPS) is 11.3. The first-order valence-corrected chi connectivity index (χ1v) is 9.00. The zero-order valence-corrected chi connectivity index (χ0v) is 16.1. The van der Waals surface area contributed by atoms with Crippen LogP contribution in [0.15, 0.2) is 53.1 Å². The second-order valence-corrected chi connectivity index (χ2v) is 6.51. The van der Waals surface area contributed by atoms with Gasteiger partial charge >= 0.3 is 0 Å². The van der Waals surface area contributed by atoms with Gasteiger partial charge in [-0.15, -0.1) is 15.3 Å². The van der Waals surface area contributed by atoms with E-state index in [1.165, 1.54) is 0 Å². The number of aromatic nitrogens is 5. The summed E-state index contributed by atoms with van der Waals surface area (Å²) < 4.78 is 18.1. The van der Waals surface area contributed by atoms with Gasteiger partial charge in [0.05, 0.1) is 19.8 Å². The molecule has 0 radical (unpaired) electrons. The summed E-state index contributed by atoms with van der Waals surface area (Å²) in [5, 5.41) is 19.3. The Kier molecular flexibility index (Phi) is 3.90. The van der Waals surface area contributed by atoms with Crippen LogP contribution in [-0.4, -0.2) is 39.2 Å². The van der Waals surface area contributed by atoms with E-state index in [1.807, 2.05) is 55.5 Å². The highest BCUT2D eigenvalue weighted by atomic mass is 16.5. The van der Waals surface area contributed by atoms with E-state index in [0.717, 1.165) is 21.9 Å². The van der Waals surface area contributed by atoms with E-state index >= 15 is 0 Å². The molecule has 0 bridgehead atoms. The van der Waals surface area contributed by atoms with Crippen LogP contribution in [0.4, 0.5) is 0 Å². The van der Waals surface area contributed by atoms with Crippen LogP contribution >= 0.6 is 0 Å². The van der Waals surface area contributed by atoms with E-state index in [-0.39, 0.29) is 0 Å². The molecular weight excluding hydrogens is 370 g/mol. The molecule has 0 fully saturated rings. The zero-order chi connectivity index (χ0) is 20.0. The lowest BCUT2D eigenvalue weighted by Gasteiger charge is -2.08. The van der Waals surface area contributed by atoms with Crippen molar-refractivity contribution in [2.75, 3.05) is 14.2 Å². The Bertz CT molecular complexity index is 1340. The van der Waals surface area contributed by atoms with Crippen LogP contribution < -0.4 is 9.47 Å². The molecule has 0 aliphatic carbocycles. The van der Waals surface area contributed by atoms with E-state index < -0.39 is 0 Å². The predicted molar refractivity (Wildman–Crippen MR) is 107 cm³/mol. The van der Waals surface area contributed by atoms with E-state index in [2.05, 4.69) is 20.5 Å². The van der Waals surface area contributed by atoms with Crippen molar-refractivity contribution >= 4 is 16.4 Å². The maximum Gasteiger partial charge on any atom is 0.239 e. The van der Waals surface area contributed by atoms with Gasteiger partial charge in [0, 0.05) is 16.3 Å². The second-order valence-electron chi connectivity index (χ2n) is 6.51. The SMILES string of the molecule is COc1ccc2c(OC)nn3c(-c4c(-c5ccccc5)noc4C)nnc3c2c1. The molecule has 0 amide bonds. The minimum absolute atomic E-state index is 0.464. The molecule has 0 saturated carbocycles. The Morgan fingerprint density at radius 1 is 0.931 bits per heavy atom. The van der Waals surface area contributed by atoms with Crippen LogP contribution in [0.2, 0.25) is 0 Å². The predicted octanol–water partition coefficient (Wildman–Crippen LogP) is 3.93. The maximum atomic E-state index is 5.53. The first kappa shape index (κ1) is 17.2. The molecule has 0 saturated heterocycles. The summed E-state index contributed by atoms with van der Waals surface area (Å²) in [6.07, 6.45) is 0. The van der Waals surface area contributed by atoms with E-state index in [4.69, 9.17) is 14.0 Å². The number of fused-ring (bicyclic) bond motifs is 3. The lowest BCUT2D eigenvalue weighted by Crippen LogP contribution is -2.01. The van der Waals surface area contributed by atoms with Crippen molar-refractivity contribution in [3.8, 4) is 34.3 Å². The van der Waals surface area contributed by atoms with Gasteiger partial charge in [0.1, 0.15) is 17.2 Å². The van der Waals surface area contributed by atoms with Gasteiger partial charge in [0.2, 0.25) is 5.88 Å². The molecule has 0 aliphatic heterocycles. The third kappa shape index (κ3) is 2.60. The molecule has 0 aliphatic rings. The lowest BCUT2D eigenvalue weighted by atomic mass is 10.1.